The largest absolute Gasteiger partial charge is 0.444 e. The van der Waals surface area contributed by atoms with Crippen LogP contribution in [0, 0.1) is 0 Å². The molecule has 0 fully saturated rings. The Labute approximate surface area is 176 Å². The van der Waals surface area contributed by atoms with Crippen LogP contribution in [-0.2, 0) is 4.74 Å². The number of hydrogen-bond acceptors (Lipinski definition) is 6. The number of amides is 1. The lowest BCUT2D eigenvalue weighted by Gasteiger charge is -2.27. The highest BCUT2D eigenvalue weighted by Crippen LogP contribution is 2.11. The van der Waals surface area contributed by atoms with Gasteiger partial charge in [0.15, 0.2) is 0 Å². The minimum absolute atomic E-state index is 0.254. The molecule has 0 aliphatic carbocycles. The molecule has 9 heteroatoms. The molecule has 1 amide bonds. The van der Waals surface area contributed by atoms with Crippen molar-refractivity contribution in [3.63, 3.8) is 0 Å². The molecule has 0 aliphatic heterocycles. The lowest BCUT2D eigenvalue weighted by atomic mass is 10.2. The van der Waals surface area contributed by atoms with Crippen LogP contribution in [0.4, 0.5) is 4.79 Å². The number of nitrogens with two attached hydrogens (primary N) is 1. The molecule has 9 nitrogen and oxygen atoms in total. The van der Waals surface area contributed by atoms with E-state index in [2.05, 4.69) is 20.7 Å². The fourth-order valence-electron chi connectivity index (χ4n) is 2.70. The first-order valence-electron chi connectivity index (χ1n) is 11.0. The van der Waals surface area contributed by atoms with Gasteiger partial charge >= 0.3 is 6.09 Å². The SMILES string of the molecule is CC(C)(C)OC(=O)N(CCCCCN=[N+]=[N-])CCCNCCCCNCCCN. The van der Waals surface area contributed by atoms with E-state index in [4.69, 9.17) is 16.0 Å². The summed E-state index contributed by atoms with van der Waals surface area (Å²) in [5.41, 5.74) is 13.3. The Hall–Kier alpha value is -1.54. The summed E-state index contributed by atoms with van der Waals surface area (Å²) in [6.45, 7) is 12.2. The van der Waals surface area contributed by atoms with Crippen molar-refractivity contribution < 1.29 is 9.53 Å². The van der Waals surface area contributed by atoms with E-state index in [0.29, 0.717) is 19.6 Å². The summed E-state index contributed by atoms with van der Waals surface area (Å²) in [5.74, 6) is 0. The predicted octanol–water partition coefficient (Wildman–Crippen LogP) is 3.40. The predicted molar refractivity (Wildman–Crippen MR) is 119 cm³/mol. The quantitative estimate of drug-likeness (QED) is 0.137. The number of ether oxygens (including phenoxy) is 1. The first kappa shape index (κ1) is 27.5. The second kappa shape index (κ2) is 18.5. The van der Waals surface area contributed by atoms with Gasteiger partial charge in [0.25, 0.3) is 0 Å². The summed E-state index contributed by atoms with van der Waals surface area (Å²) >= 11 is 0. The highest BCUT2D eigenvalue weighted by Gasteiger charge is 2.21. The molecule has 170 valence electrons. The molecule has 0 heterocycles. The van der Waals surface area contributed by atoms with Crippen LogP contribution in [0.25, 0.3) is 10.4 Å². The average Bonchev–Trinajstić information content (AvgIpc) is 2.65. The number of rotatable bonds is 18. The van der Waals surface area contributed by atoms with Gasteiger partial charge in [-0.1, -0.05) is 11.5 Å². The van der Waals surface area contributed by atoms with Crippen molar-refractivity contribution in [3.05, 3.63) is 10.4 Å². The van der Waals surface area contributed by atoms with Gasteiger partial charge < -0.3 is 26.0 Å². The first-order valence-corrected chi connectivity index (χ1v) is 11.0. The van der Waals surface area contributed by atoms with Crippen molar-refractivity contribution in [3.8, 4) is 0 Å². The maximum Gasteiger partial charge on any atom is 0.410 e. The van der Waals surface area contributed by atoms with Gasteiger partial charge in [-0.25, -0.2) is 4.79 Å². The van der Waals surface area contributed by atoms with Gasteiger partial charge in [0.1, 0.15) is 5.60 Å². The van der Waals surface area contributed by atoms with Gasteiger partial charge in [-0.15, -0.1) is 0 Å². The van der Waals surface area contributed by atoms with Crippen molar-refractivity contribution in [1.82, 2.24) is 15.5 Å². The van der Waals surface area contributed by atoms with Crippen LogP contribution >= 0.6 is 0 Å². The number of nitrogens with zero attached hydrogens (tertiary/aromatic N) is 4. The highest BCUT2D eigenvalue weighted by molar-refractivity contribution is 5.68. The topological polar surface area (TPSA) is 128 Å². The number of carbonyl (C=O) groups is 1. The zero-order valence-electron chi connectivity index (χ0n) is 18.8. The Morgan fingerprint density at radius 3 is 2.14 bits per heavy atom. The molecule has 0 aromatic rings. The molecule has 0 spiro atoms. The Bertz CT molecular complexity index is 449. The van der Waals surface area contributed by atoms with Crippen LogP contribution in [0.15, 0.2) is 5.11 Å². The Morgan fingerprint density at radius 1 is 0.966 bits per heavy atom. The maximum atomic E-state index is 12.4. The fraction of sp³-hybridized carbons (Fsp3) is 0.950. The molecule has 0 saturated carbocycles. The molecule has 0 unspecified atom stereocenters. The van der Waals surface area contributed by atoms with Gasteiger partial charge in [0, 0.05) is 24.5 Å². The van der Waals surface area contributed by atoms with Crippen molar-refractivity contribution in [2.75, 3.05) is 52.4 Å². The highest BCUT2D eigenvalue weighted by atomic mass is 16.6. The average molecular weight is 414 g/mol. The van der Waals surface area contributed by atoms with Crippen molar-refractivity contribution in [2.45, 2.75) is 71.3 Å². The zero-order valence-corrected chi connectivity index (χ0v) is 18.8. The number of hydrogen-bond donors (Lipinski definition) is 3. The van der Waals surface area contributed by atoms with Crippen molar-refractivity contribution in [1.29, 1.82) is 0 Å². The van der Waals surface area contributed by atoms with Gasteiger partial charge in [-0.05, 0) is 97.6 Å². The minimum atomic E-state index is -0.493. The van der Waals surface area contributed by atoms with E-state index in [9.17, 15) is 4.79 Å². The summed E-state index contributed by atoms with van der Waals surface area (Å²) in [4.78, 5) is 17.0. The molecule has 0 aromatic heterocycles. The van der Waals surface area contributed by atoms with E-state index in [-0.39, 0.29) is 6.09 Å². The van der Waals surface area contributed by atoms with Gasteiger partial charge in [-0.2, -0.15) is 0 Å². The summed E-state index contributed by atoms with van der Waals surface area (Å²) in [6.07, 6.45) is 6.60. The van der Waals surface area contributed by atoms with Crippen LogP contribution < -0.4 is 16.4 Å². The molecule has 0 aromatic carbocycles. The molecule has 4 N–H and O–H groups in total. The van der Waals surface area contributed by atoms with E-state index < -0.39 is 5.60 Å². The Balaban J connectivity index is 3.98. The summed E-state index contributed by atoms with van der Waals surface area (Å²) in [5, 5.41) is 10.4. The lowest BCUT2D eigenvalue weighted by Crippen LogP contribution is -2.38. The number of carbonyl (C=O) groups excluding carboxylic acids is 1. The molecule has 29 heavy (non-hydrogen) atoms. The van der Waals surface area contributed by atoms with E-state index in [1.165, 1.54) is 0 Å². The van der Waals surface area contributed by atoms with Gasteiger partial charge in [0.2, 0.25) is 0 Å². The minimum Gasteiger partial charge on any atom is -0.444 e. The zero-order chi connectivity index (χ0) is 21.8. The molecule has 0 bridgehead atoms. The van der Waals surface area contributed by atoms with Crippen LogP contribution in [0.1, 0.15) is 65.7 Å². The van der Waals surface area contributed by atoms with E-state index >= 15 is 0 Å². The summed E-state index contributed by atoms with van der Waals surface area (Å²) in [6, 6.07) is 0. The lowest BCUT2D eigenvalue weighted by molar-refractivity contribution is 0.0245. The van der Waals surface area contributed by atoms with Crippen LogP contribution in [0.3, 0.4) is 0 Å². The van der Waals surface area contributed by atoms with Crippen molar-refractivity contribution >= 4 is 6.09 Å². The summed E-state index contributed by atoms with van der Waals surface area (Å²) < 4.78 is 5.53. The third kappa shape index (κ3) is 19.5. The number of azide groups is 1. The molecule has 0 rings (SSSR count). The number of nitrogens with one attached hydrogen (secondary N) is 2. The van der Waals surface area contributed by atoms with Gasteiger partial charge in [0.05, 0.1) is 0 Å². The number of unbranched alkanes of at least 4 members (excludes halogenated alkanes) is 3. The molecular weight excluding hydrogens is 370 g/mol. The maximum absolute atomic E-state index is 12.4. The molecule has 0 radical (unpaired) electrons. The van der Waals surface area contributed by atoms with Crippen molar-refractivity contribution in [2.24, 2.45) is 10.8 Å². The Kier molecular flexibility index (Phi) is 17.5. The van der Waals surface area contributed by atoms with E-state index in [0.717, 1.165) is 77.7 Å². The van der Waals surface area contributed by atoms with Crippen LogP contribution in [-0.4, -0.2) is 69.0 Å². The van der Waals surface area contributed by atoms with Crippen LogP contribution in [0.5, 0.6) is 0 Å². The van der Waals surface area contributed by atoms with Gasteiger partial charge in [-0.3, -0.25) is 0 Å². The normalized spacial score (nSPS) is 11.2. The molecule has 0 saturated heterocycles. The smallest absolute Gasteiger partial charge is 0.410 e. The first-order chi connectivity index (χ1) is 13.9. The second-order valence-corrected chi connectivity index (χ2v) is 8.19. The third-order valence-electron chi connectivity index (χ3n) is 4.20. The second-order valence-electron chi connectivity index (χ2n) is 8.19. The standard InChI is InChI=1S/C20H43N7O2/c1-20(2,3)29-19(28)27(17-8-4-5-16-25-26-22)18-10-15-24-13-7-6-12-23-14-9-11-21/h23-24H,4-18,21H2,1-3H3. The van der Waals surface area contributed by atoms with Crippen LogP contribution in [0.2, 0.25) is 0 Å². The Morgan fingerprint density at radius 2 is 1.55 bits per heavy atom. The fourth-order valence-corrected chi connectivity index (χ4v) is 2.70. The molecular formula is C20H43N7O2. The monoisotopic (exact) mass is 413 g/mol. The summed E-state index contributed by atoms with van der Waals surface area (Å²) in [7, 11) is 0. The third-order valence-corrected chi connectivity index (χ3v) is 4.20. The van der Waals surface area contributed by atoms with E-state index in [1.54, 1.807) is 4.90 Å². The molecule has 0 atom stereocenters. The van der Waals surface area contributed by atoms with E-state index in [1.807, 2.05) is 20.8 Å². The molecule has 0 aliphatic rings.